The average molecular weight is 423 g/mol. The van der Waals surface area contributed by atoms with Crippen molar-refractivity contribution in [2.75, 3.05) is 4.72 Å². The Morgan fingerprint density at radius 3 is 2.23 bits per heavy atom. The molecule has 6 nitrogen and oxygen atoms in total. The Morgan fingerprint density at radius 2 is 1.60 bits per heavy atom. The minimum atomic E-state index is -3.77. The fraction of sp³-hybridized carbons (Fsp3) is 0.130. The highest BCUT2D eigenvalue weighted by Gasteiger charge is 2.18. The Morgan fingerprint density at radius 1 is 0.967 bits per heavy atom. The van der Waals surface area contributed by atoms with Gasteiger partial charge in [-0.3, -0.25) is 9.52 Å². The fourth-order valence-electron chi connectivity index (χ4n) is 2.99. The number of amides is 1. The molecular weight excluding hydrogens is 400 g/mol. The third-order valence-electron chi connectivity index (χ3n) is 4.57. The van der Waals surface area contributed by atoms with Gasteiger partial charge in [0, 0.05) is 11.3 Å². The number of aryl methyl sites for hydroxylation is 1. The van der Waals surface area contributed by atoms with E-state index in [1.165, 1.54) is 18.2 Å². The fourth-order valence-corrected chi connectivity index (χ4v) is 4.06. The van der Waals surface area contributed by atoms with Gasteiger partial charge >= 0.3 is 0 Å². The summed E-state index contributed by atoms with van der Waals surface area (Å²) in [4.78, 5) is 24.4. The maximum atomic E-state index is 12.8. The van der Waals surface area contributed by atoms with Crippen LogP contribution in [0.4, 0.5) is 5.69 Å². The topological polar surface area (TPSA) is 92.3 Å². The van der Waals surface area contributed by atoms with Crippen LogP contribution in [0, 0.1) is 6.92 Å². The summed E-state index contributed by atoms with van der Waals surface area (Å²) < 4.78 is 27.6. The Hall–Kier alpha value is -3.45. The lowest BCUT2D eigenvalue weighted by molar-refractivity contribution is -0.109. The van der Waals surface area contributed by atoms with Crippen LogP contribution in [0.1, 0.15) is 21.5 Å². The van der Waals surface area contributed by atoms with E-state index in [0.29, 0.717) is 23.8 Å². The molecule has 1 atom stereocenters. The standard InChI is InChI=1S/C23H22N2O4S/c1-17-12-13-19(25-30(28,29)21-10-6-3-7-11-21)15-22(17)23(27)24-20(16-26)14-18-8-4-2-5-9-18/h2-13,15-16,20,25H,14H2,1H3,(H,24,27). The summed E-state index contributed by atoms with van der Waals surface area (Å²) in [5, 5.41) is 2.71. The molecule has 0 aliphatic heterocycles. The molecule has 154 valence electrons. The molecule has 1 amide bonds. The van der Waals surface area contributed by atoms with Crippen molar-refractivity contribution in [2.45, 2.75) is 24.3 Å². The zero-order chi connectivity index (χ0) is 21.6. The Kier molecular flexibility index (Phi) is 6.64. The maximum Gasteiger partial charge on any atom is 0.261 e. The number of sulfonamides is 1. The highest BCUT2D eigenvalue weighted by atomic mass is 32.2. The van der Waals surface area contributed by atoms with Crippen molar-refractivity contribution in [2.24, 2.45) is 0 Å². The van der Waals surface area contributed by atoms with Gasteiger partial charge in [-0.25, -0.2) is 8.42 Å². The van der Waals surface area contributed by atoms with Gasteiger partial charge in [0.05, 0.1) is 10.9 Å². The first-order chi connectivity index (χ1) is 14.4. The largest absolute Gasteiger partial charge is 0.342 e. The monoisotopic (exact) mass is 422 g/mol. The minimum Gasteiger partial charge on any atom is -0.342 e. The SMILES string of the molecule is Cc1ccc(NS(=O)(=O)c2ccccc2)cc1C(=O)NC(C=O)Cc1ccccc1. The molecule has 0 aromatic heterocycles. The maximum absolute atomic E-state index is 12.8. The van der Waals surface area contributed by atoms with E-state index in [1.54, 1.807) is 37.3 Å². The quantitative estimate of drug-likeness (QED) is 0.545. The van der Waals surface area contributed by atoms with E-state index in [2.05, 4.69) is 10.0 Å². The molecule has 0 aliphatic rings. The van der Waals surface area contributed by atoms with Gasteiger partial charge in [-0.05, 0) is 48.7 Å². The number of aldehydes is 1. The number of rotatable bonds is 8. The first-order valence-electron chi connectivity index (χ1n) is 9.37. The summed E-state index contributed by atoms with van der Waals surface area (Å²) in [6.07, 6.45) is 1.07. The van der Waals surface area contributed by atoms with Crippen LogP contribution in [0.2, 0.25) is 0 Å². The summed E-state index contributed by atoms with van der Waals surface area (Å²) in [6, 6.07) is 21.4. The summed E-state index contributed by atoms with van der Waals surface area (Å²) in [7, 11) is -3.77. The number of hydrogen-bond acceptors (Lipinski definition) is 4. The van der Waals surface area contributed by atoms with Gasteiger partial charge in [0.1, 0.15) is 6.29 Å². The van der Waals surface area contributed by atoms with Crippen molar-refractivity contribution in [1.82, 2.24) is 5.32 Å². The number of benzene rings is 3. The molecule has 0 bridgehead atoms. The van der Waals surface area contributed by atoms with Crippen LogP contribution in [-0.4, -0.2) is 26.7 Å². The molecule has 2 N–H and O–H groups in total. The lowest BCUT2D eigenvalue weighted by Gasteiger charge is -2.15. The van der Waals surface area contributed by atoms with E-state index in [9.17, 15) is 18.0 Å². The highest BCUT2D eigenvalue weighted by molar-refractivity contribution is 7.92. The molecule has 3 aromatic rings. The molecule has 30 heavy (non-hydrogen) atoms. The zero-order valence-electron chi connectivity index (χ0n) is 16.4. The van der Waals surface area contributed by atoms with Gasteiger partial charge < -0.3 is 10.1 Å². The molecule has 0 aliphatic carbocycles. The number of carbonyl (C=O) groups is 2. The van der Waals surface area contributed by atoms with Gasteiger partial charge in [0.2, 0.25) is 0 Å². The van der Waals surface area contributed by atoms with Crippen LogP contribution < -0.4 is 10.0 Å². The Labute approximate surface area is 176 Å². The van der Waals surface area contributed by atoms with Gasteiger partial charge in [0.15, 0.2) is 0 Å². The van der Waals surface area contributed by atoms with Crippen molar-refractivity contribution >= 4 is 27.9 Å². The van der Waals surface area contributed by atoms with Crippen molar-refractivity contribution in [3.8, 4) is 0 Å². The summed E-state index contributed by atoms with van der Waals surface area (Å²) in [6.45, 7) is 1.75. The van der Waals surface area contributed by atoms with Crippen molar-refractivity contribution < 1.29 is 18.0 Å². The van der Waals surface area contributed by atoms with Crippen LogP contribution >= 0.6 is 0 Å². The Bertz CT molecular complexity index is 1130. The number of hydrogen-bond donors (Lipinski definition) is 2. The molecule has 0 fully saturated rings. The van der Waals surface area contributed by atoms with E-state index in [-0.39, 0.29) is 10.6 Å². The summed E-state index contributed by atoms with van der Waals surface area (Å²) in [5.41, 5.74) is 2.15. The molecule has 3 rings (SSSR count). The summed E-state index contributed by atoms with van der Waals surface area (Å²) in [5.74, 6) is -0.443. The van der Waals surface area contributed by atoms with Crippen LogP contribution in [0.3, 0.4) is 0 Å². The molecule has 0 saturated carbocycles. The van der Waals surface area contributed by atoms with Crippen LogP contribution in [0.5, 0.6) is 0 Å². The van der Waals surface area contributed by atoms with Gasteiger partial charge in [0.25, 0.3) is 15.9 Å². The molecule has 0 saturated heterocycles. The van der Waals surface area contributed by atoms with Gasteiger partial charge in [-0.2, -0.15) is 0 Å². The van der Waals surface area contributed by atoms with E-state index in [4.69, 9.17) is 0 Å². The van der Waals surface area contributed by atoms with Gasteiger partial charge in [-0.1, -0.05) is 54.6 Å². The second kappa shape index (κ2) is 9.37. The lowest BCUT2D eigenvalue weighted by atomic mass is 10.0. The number of nitrogens with one attached hydrogen (secondary N) is 2. The first-order valence-corrected chi connectivity index (χ1v) is 10.9. The summed E-state index contributed by atoms with van der Waals surface area (Å²) >= 11 is 0. The van der Waals surface area contributed by atoms with Crippen molar-refractivity contribution in [3.05, 3.63) is 95.6 Å². The third-order valence-corrected chi connectivity index (χ3v) is 5.96. The third kappa shape index (κ3) is 5.33. The average Bonchev–Trinajstić information content (AvgIpc) is 2.75. The van der Waals surface area contributed by atoms with Crippen LogP contribution in [0.15, 0.2) is 83.8 Å². The van der Waals surface area contributed by atoms with E-state index in [1.807, 2.05) is 30.3 Å². The molecule has 0 heterocycles. The normalized spacial score (nSPS) is 12.0. The molecule has 3 aromatic carbocycles. The first kappa shape index (κ1) is 21.3. The predicted molar refractivity (Wildman–Crippen MR) is 116 cm³/mol. The molecule has 1 unspecified atom stereocenters. The van der Waals surface area contributed by atoms with E-state index < -0.39 is 22.0 Å². The molecule has 0 radical (unpaired) electrons. The van der Waals surface area contributed by atoms with E-state index in [0.717, 1.165) is 5.56 Å². The number of anilines is 1. The molecular formula is C23H22N2O4S. The minimum absolute atomic E-state index is 0.125. The van der Waals surface area contributed by atoms with Crippen LogP contribution in [0.25, 0.3) is 0 Å². The van der Waals surface area contributed by atoms with Crippen molar-refractivity contribution in [1.29, 1.82) is 0 Å². The second-order valence-electron chi connectivity index (χ2n) is 6.85. The highest BCUT2D eigenvalue weighted by Crippen LogP contribution is 2.20. The molecule has 0 spiro atoms. The Balaban J connectivity index is 1.77. The second-order valence-corrected chi connectivity index (χ2v) is 8.54. The molecule has 7 heteroatoms. The lowest BCUT2D eigenvalue weighted by Crippen LogP contribution is -2.38. The van der Waals surface area contributed by atoms with Crippen molar-refractivity contribution in [3.63, 3.8) is 0 Å². The van der Waals surface area contributed by atoms with Crippen LogP contribution in [-0.2, 0) is 21.2 Å². The van der Waals surface area contributed by atoms with E-state index >= 15 is 0 Å². The number of carbonyl (C=O) groups excluding carboxylic acids is 2. The van der Waals surface area contributed by atoms with Gasteiger partial charge in [-0.15, -0.1) is 0 Å². The predicted octanol–water partition coefficient (Wildman–Crippen LogP) is 3.34. The zero-order valence-corrected chi connectivity index (χ0v) is 17.2. The smallest absolute Gasteiger partial charge is 0.261 e.